The summed E-state index contributed by atoms with van der Waals surface area (Å²) >= 11 is 1.65. The van der Waals surface area contributed by atoms with E-state index in [0.717, 1.165) is 43.8 Å². The second-order valence-corrected chi connectivity index (χ2v) is 6.99. The maximum absolute atomic E-state index is 12.6. The number of carbonyl (C=O) groups excluding carboxylic acids is 1. The van der Waals surface area contributed by atoms with Crippen LogP contribution in [-0.2, 0) is 17.8 Å². The number of rotatable bonds is 2. The number of piperidine rings is 1. The molecule has 0 radical (unpaired) electrons. The van der Waals surface area contributed by atoms with Crippen molar-refractivity contribution >= 4 is 17.2 Å². The van der Waals surface area contributed by atoms with Crippen LogP contribution in [0.2, 0.25) is 0 Å². The van der Waals surface area contributed by atoms with Crippen molar-refractivity contribution in [3.05, 3.63) is 21.4 Å². The number of hydrogen-bond donors (Lipinski definition) is 1. The highest BCUT2D eigenvalue weighted by Crippen LogP contribution is 2.29. The van der Waals surface area contributed by atoms with Gasteiger partial charge in [-0.1, -0.05) is 0 Å². The summed E-state index contributed by atoms with van der Waals surface area (Å²) in [4.78, 5) is 16.7. The van der Waals surface area contributed by atoms with E-state index in [0.29, 0.717) is 12.5 Å². The van der Waals surface area contributed by atoms with E-state index < -0.39 is 0 Å². The molecule has 0 aliphatic carbocycles. The Morgan fingerprint density at radius 1 is 1.50 bits per heavy atom. The second kappa shape index (κ2) is 5.84. The Balaban J connectivity index is 1.66. The van der Waals surface area contributed by atoms with Gasteiger partial charge in [-0.3, -0.25) is 4.79 Å². The molecule has 110 valence electrons. The lowest BCUT2D eigenvalue weighted by Gasteiger charge is -2.33. The van der Waals surface area contributed by atoms with Gasteiger partial charge < -0.3 is 15.4 Å². The first-order valence-electron chi connectivity index (χ1n) is 7.39. The van der Waals surface area contributed by atoms with Gasteiger partial charge in [0.15, 0.2) is 0 Å². The van der Waals surface area contributed by atoms with Crippen molar-refractivity contribution in [2.75, 3.05) is 19.7 Å². The van der Waals surface area contributed by atoms with Crippen molar-refractivity contribution in [2.24, 2.45) is 11.7 Å². The third-order valence-corrected chi connectivity index (χ3v) is 5.63. The quantitative estimate of drug-likeness (QED) is 0.908. The van der Waals surface area contributed by atoms with E-state index in [2.05, 4.69) is 6.92 Å². The number of thiophene rings is 1. The van der Waals surface area contributed by atoms with Crippen LogP contribution in [0.5, 0.6) is 0 Å². The van der Waals surface area contributed by atoms with Crippen LogP contribution in [0.4, 0.5) is 0 Å². The second-order valence-electron chi connectivity index (χ2n) is 5.85. The molecule has 20 heavy (non-hydrogen) atoms. The van der Waals surface area contributed by atoms with E-state index in [9.17, 15) is 4.79 Å². The molecule has 1 fully saturated rings. The van der Waals surface area contributed by atoms with Crippen molar-refractivity contribution in [3.63, 3.8) is 0 Å². The summed E-state index contributed by atoms with van der Waals surface area (Å²) < 4.78 is 5.44. The van der Waals surface area contributed by atoms with E-state index in [-0.39, 0.29) is 11.9 Å². The van der Waals surface area contributed by atoms with Crippen LogP contribution in [0.1, 0.15) is 39.9 Å². The summed E-state index contributed by atoms with van der Waals surface area (Å²) in [5, 5.41) is 0. The Bertz CT molecular complexity index is 467. The number of nitrogens with two attached hydrogens (primary N) is 1. The lowest BCUT2D eigenvalue weighted by Crippen LogP contribution is -2.42. The molecule has 0 aromatic carbocycles. The Hall–Kier alpha value is -0.910. The van der Waals surface area contributed by atoms with E-state index >= 15 is 0 Å². The van der Waals surface area contributed by atoms with Gasteiger partial charge in [0.2, 0.25) is 0 Å². The molecule has 1 amide bonds. The van der Waals surface area contributed by atoms with Crippen LogP contribution >= 0.6 is 11.3 Å². The average Bonchev–Trinajstić information content (AvgIpc) is 2.90. The minimum Gasteiger partial charge on any atom is -0.376 e. The molecule has 0 bridgehead atoms. The van der Waals surface area contributed by atoms with Gasteiger partial charge in [-0.15, -0.1) is 11.3 Å². The molecule has 1 unspecified atom stereocenters. The predicted molar refractivity (Wildman–Crippen MR) is 80.0 cm³/mol. The van der Waals surface area contributed by atoms with Crippen molar-refractivity contribution < 1.29 is 9.53 Å². The zero-order chi connectivity index (χ0) is 14.1. The lowest BCUT2D eigenvalue weighted by molar-refractivity contribution is 0.0685. The number of likely N-dealkylation sites (tertiary alicyclic amines) is 1. The molecule has 3 rings (SSSR count). The molecule has 0 spiro atoms. The number of carbonyl (C=O) groups is 1. The molecule has 3 heterocycles. The molecule has 1 atom stereocenters. The summed E-state index contributed by atoms with van der Waals surface area (Å²) in [6.45, 7) is 5.18. The largest absolute Gasteiger partial charge is 0.376 e. The van der Waals surface area contributed by atoms with Crippen LogP contribution in [0.25, 0.3) is 0 Å². The van der Waals surface area contributed by atoms with E-state index in [4.69, 9.17) is 10.5 Å². The van der Waals surface area contributed by atoms with Gasteiger partial charge in [0, 0.05) is 30.4 Å². The molecule has 2 aliphatic heterocycles. The number of amides is 1. The highest BCUT2D eigenvalue weighted by molar-refractivity contribution is 7.14. The third-order valence-electron chi connectivity index (χ3n) is 4.41. The topological polar surface area (TPSA) is 55.6 Å². The minimum absolute atomic E-state index is 0.188. The fourth-order valence-corrected chi connectivity index (χ4v) is 4.15. The number of nitrogens with zero attached hydrogens (tertiary/aromatic N) is 1. The zero-order valence-corrected chi connectivity index (χ0v) is 12.7. The number of hydrogen-bond acceptors (Lipinski definition) is 4. The minimum atomic E-state index is 0.188. The molecule has 4 nitrogen and oxygen atoms in total. The van der Waals surface area contributed by atoms with Crippen molar-refractivity contribution in [1.82, 2.24) is 4.90 Å². The van der Waals surface area contributed by atoms with Crippen LogP contribution in [0.3, 0.4) is 0 Å². The molecule has 0 saturated carbocycles. The Labute approximate surface area is 123 Å². The lowest BCUT2D eigenvalue weighted by atomic mass is 9.91. The van der Waals surface area contributed by atoms with Crippen molar-refractivity contribution in [2.45, 2.75) is 38.8 Å². The van der Waals surface area contributed by atoms with Crippen LogP contribution in [-0.4, -0.2) is 36.5 Å². The molecule has 1 aromatic heterocycles. The fraction of sp³-hybridized carbons (Fsp3) is 0.667. The fourth-order valence-electron chi connectivity index (χ4n) is 3.04. The summed E-state index contributed by atoms with van der Waals surface area (Å²) in [6, 6.07) is 2.26. The Kier molecular flexibility index (Phi) is 4.10. The third kappa shape index (κ3) is 2.75. The smallest absolute Gasteiger partial charge is 0.263 e. The zero-order valence-electron chi connectivity index (χ0n) is 11.9. The SMILES string of the molecule is CC(N)C1CCN(C(=O)c2cc3c(s2)CCOC3)CC1. The first-order valence-corrected chi connectivity index (χ1v) is 8.21. The highest BCUT2D eigenvalue weighted by Gasteiger charge is 2.27. The molecular formula is C15H22N2O2S. The predicted octanol–water partition coefficient (Wildman–Crippen LogP) is 2.02. The summed E-state index contributed by atoms with van der Waals surface area (Å²) in [6.07, 6.45) is 3.00. The van der Waals surface area contributed by atoms with Crippen LogP contribution < -0.4 is 5.73 Å². The molecule has 2 N–H and O–H groups in total. The van der Waals surface area contributed by atoms with Gasteiger partial charge in [0.25, 0.3) is 5.91 Å². The normalized spacial score (nSPS) is 21.6. The van der Waals surface area contributed by atoms with Gasteiger partial charge in [-0.2, -0.15) is 0 Å². The van der Waals surface area contributed by atoms with Gasteiger partial charge >= 0.3 is 0 Å². The summed E-state index contributed by atoms with van der Waals surface area (Å²) in [7, 11) is 0. The molecule has 1 saturated heterocycles. The van der Waals surface area contributed by atoms with E-state index in [1.807, 2.05) is 11.0 Å². The average molecular weight is 294 g/mol. The standard InChI is InChI=1S/C15H22N2O2S/c1-10(16)11-2-5-17(6-3-11)15(18)14-8-12-9-19-7-4-13(12)20-14/h8,10-11H,2-7,9,16H2,1H3. The Morgan fingerprint density at radius 3 is 2.90 bits per heavy atom. The van der Waals surface area contributed by atoms with Crippen LogP contribution in [0.15, 0.2) is 6.07 Å². The summed E-state index contributed by atoms with van der Waals surface area (Å²) in [5.41, 5.74) is 7.15. The van der Waals surface area contributed by atoms with Gasteiger partial charge in [-0.05, 0) is 37.3 Å². The van der Waals surface area contributed by atoms with Gasteiger partial charge in [0.05, 0.1) is 18.1 Å². The van der Waals surface area contributed by atoms with E-state index in [1.54, 1.807) is 11.3 Å². The molecule has 2 aliphatic rings. The Morgan fingerprint density at radius 2 is 2.25 bits per heavy atom. The highest BCUT2D eigenvalue weighted by atomic mass is 32.1. The van der Waals surface area contributed by atoms with E-state index in [1.165, 1.54) is 10.4 Å². The van der Waals surface area contributed by atoms with Gasteiger partial charge in [-0.25, -0.2) is 0 Å². The molecule has 1 aromatic rings. The number of fused-ring (bicyclic) bond motifs is 1. The number of ether oxygens (including phenoxy) is 1. The van der Waals surface area contributed by atoms with Crippen LogP contribution in [0, 0.1) is 5.92 Å². The monoisotopic (exact) mass is 294 g/mol. The first-order chi connectivity index (χ1) is 9.65. The maximum atomic E-state index is 12.6. The van der Waals surface area contributed by atoms with Crippen molar-refractivity contribution in [1.29, 1.82) is 0 Å². The molecule has 5 heteroatoms. The van der Waals surface area contributed by atoms with Crippen molar-refractivity contribution in [3.8, 4) is 0 Å². The van der Waals surface area contributed by atoms with Gasteiger partial charge in [0.1, 0.15) is 0 Å². The summed E-state index contributed by atoms with van der Waals surface area (Å²) in [5.74, 6) is 0.747. The molecular weight excluding hydrogens is 272 g/mol. The maximum Gasteiger partial charge on any atom is 0.263 e. The first kappa shape index (κ1) is 14.0.